The Labute approximate surface area is 114 Å². The van der Waals surface area contributed by atoms with E-state index in [2.05, 4.69) is 0 Å². The zero-order valence-electron chi connectivity index (χ0n) is 11.7. The van der Waals surface area contributed by atoms with E-state index in [1.54, 1.807) is 17.0 Å². The number of carbonyl (C=O) groups is 1. The molecule has 1 atom stereocenters. The lowest BCUT2D eigenvalue weighted by atomic mass is 10.1. The Kier molecular flexibility index (Phi) is 6.50. The second-order valence-electron chi connectivity index (χ2n) is 5.10. The van der Waals surface area contributed by atoms with Crippen molar-refractivity contribution in [2.75, 3.05) is 20.1 Å². The van der Waals surface area contributed by atoms with Crippen molar-refractivity contribution in [1.29, 1.82) is 0 Å². The molecule has 4 heteroatoms. The highest BCUT2D eigenvalue weighted by Gasteiger charge is 2.11. The van der Waals surface area contributed by atoms with Crippen molar-refractivity contribution in [3.63, 3.8) is 0 Å². The minimum absolute atomic E-state index is 0.141. The minimum Gasteiger partial charge on any atom is -0.345 e. The molecule has 1 aromatic carbocycles. The third kappa shape index (κ3) is 5.83. The SMILES string of the molecule is CC(CN)CN(C)C(=O)CCCc1ccc(F)cc1. The van der Waals surface area contributed by atoms with Gasteiger partial charge in [-0.05, 0) is 43.0 Å². The molecular weight excluding hydrogens is 243 g/mol. The van der Waals surface area contributed by atoms with Gasteiger partial charge in [-0.25, -0.2) is 4.39 Å². The van der Waals surface area contributed by atoms with Crippen molar-refractivity contribution in [2.24, 2.45) is 11.7 Å². The number of hydrogen-bond acceptors (Lipinski definition) is 2. The van der Waals surface area contributed by atoms with E-state index >= 15 is 0 Å². The molecule has 1 rings (SSSR count). The summed E-state index contributed by atoms with van der Waals surface area (Å²) in [7, 11) is 1.81. The zero-order valence-corrected chi connectivity index (χ0v) is 11.7. The molecule has 0 bridgehead atoms. The minimum atomic E-state index is -0.227. The highest BCUT2D eigenvalue weighted by Crippen LogP contribution is 2.08. The summed E-state index contributed by atoms with van der Waals surface area (Å²) >= 11 is 0. The third-order valence-electron chi connectivity index (χ3n) is 3.18. The van der Waals surface area contributed by atoms with Gasteiger partial charge in [0.05, 0.1) is 0 Å². The number of nitrogens with two attached hydrogens (primary N) is 1. The molecule has 106 valence electrons. The van der Waals surface area contributed by atoms with Gasteiger partial charge in [0.2, 0.25) is 5.91 Å². The first-order valence-corrected chi connectivity index (χ1v) is 6.71. The molecule has 0 aliphatic heterocycles. The molecule has 19 heavy (non-hydrogen) atoms. The van der Waals surface area contributed by atoms with Crippen LogP contribution in [0.25, 0.3) is 0 Å². The molecule has 0 radical (unpaired) electrons. The van der Waals surface area contributed by atoms with E-state index in [1.165, 1.54) is 12.1 Å². The second kappa shape index (κ2) is 7.89. The summed E-state index contributed by atoms with van der Waals surface area (Å²) in [5.74, 6) is 0.240. The van der Waals surface area contributed by atoms with Gasteiger partial charge in [-0.1, -0.05) is 19.1 Å². The van der Waals surface area contributed by atoms with E-state index in [0.29, 0.717) is 25.4 Å². The molecule has 0 heterocycles. The summed E-state index contributed by atoms with van der Waals surface area (Å²) < 4.78 is 12.7. The molecule has 0 spiro atoms. The average molecular weight is 266 g/mol. The molecule has 0 saturated carbocycles. The predicted octanol–water partition coefficient (Wildman–Crippen LogP) is 2.20. The van der Waals surface area contributed by atoms with Crippen LogP contribution in [0.5, 0.6) is 0 Å². The van der Waals surface area contributed by atoms with Gasteiger partial charge in [-0.3, -0.25) is 4.79 Å². The smallest absolute Gasteiger partial charge is 0.222 e. The predicted molar refractivity (Wildman–Crippen MR) is 75.2 cm³/mol. The Hall–Kier alpha value is -1.42. The van der Waals surface area contributed by atoms with Crippen LogP contribution in [0.4, 0.5) is 4.39 Å². The van der Waals surface area contributed by atoms with E-state index in [9.17, 15) is 9.18 Å². The zero-order chi connectivity index (χ0) is 14.3. The Morgan fingerprint density at radius 2 is 2.00 bits per heavy atom. The van der Waals surface area contributed by atoms with Gasteiger partial charge in [0.25, 0.3) is 0 Å². The summed E-state index contributed by atoms with van der Waals surface area (Å²) in [5, 5.41) is 0. The molecule has 1 aromatic rings. The standard InChI is InChI=1S/C15H23FN2O/c1-12(10-17)11-18(2)15(19)5-3-4-13-6-8-14(16)9-7-13/h6-9,12H,3-5,10-11,17H2,1-2H3. The van der Waals surface area contributed by atoms with Crippen molar-refractivity contribution >= 4 is 5.91 Å². The molecule has 0 saturated heterocycles. The molecule has 1 unspecified atom stereocenters. The molecule has 2 N–H and O–H groups in total. The highest BCUT2D eigenvalue weighted by molar-refractivity contribution is 5.75. The van der Waals surface area contributed by atoms with Crippen LogP contribution >= 0.6 is 0 Å². The molecule has 0 aliphatic rings. The third-order valence-corrected chi connectivity index (χ3v) is 3.18. The van der Waals surface area contributed by atoms with Crippen LogP contribution in [0, 0.1) is 11.7 Å². The highest BCUT2D eigenvalue weighted by atomic mass is 19.1. The van der Waals surface area contributed by atoms with Crippen molar-refractivity contribution in [3.8, 4) is 0 Å². The summed E-state index contributed by atoms with van der Waals surface area (Å²) in [6.07, 6.45) is 2.10. The number of carbonyl (C=O) groups excluding carboxylic acids is 1. The molecule has 1 amide bonds. The van der Waals surface area contributed by atoms with Crippen molar-refractivity contribution in [3.05, 3.63) is 35.6 Å². The topological polar surface area (TPSA) is 46.3 Å². The van der Waals surface area contributed by atoms with Crippen LogP contribution in [0.2, 0.25) is 0 Å². The van der Waals surface area contributed by atoms with Gasteiger partial charge in [0, 0.05) is 20.0 Å². The monoisotopic (exact) mass is 266 g/mol. The van der Waals surface area contributed by atoms with Gasteiger partial charge >= 0.3 is 0 Å². The largest absolute Gasteiger partial charge is 0.345 e. The number of benzene rings is 1. The number of aryl methyl sites for hydroxylation is 1. The van der Waals surface area contributed by atoms with Crippen LogP contribution in [-0.4, -0.2) is 30.9 Å². The average Bonchev–Trinajstić information content (AvgIpc) is 2.40. The Bertz CT molecular complexity index is 392. The summed E-state index contributed by atoms with van der Waals surface area (Å²) in [6, 6.07) is 6.43. The fourth-order valence-electron chi connectivity index (χ4n) is 1.93. The van der Waals surface area contributed by atoms with Crippen LogP contribution in [-0.2, 0) is 11.2 Å². The first kappa shape index (κ1) is 15.6. The van der Waals surface area contributed by atoms with Crippen LogP contribution < -0.4 is 5.73 Å². The number of amides is 1. The van der Waals surface area contributed by atoms with Gasteiger partial charge in [0.15, 0.2) is 0 Å². The molecular formula is C15H23FN2O. The molecule has 0 fully saturated rings. The normalized spacial score (nSPS) is 12.2. The van der Waals surface area contributed by atoms with Gasteiger partial charge in [-0.15, -0.1) is 0 Å². The molecule has 3 nitrogen and oxygen atoms in total. The Morgan fingerprint density at radius 3 is 2.58 bits per heavy atom. The van der Waals surface area contributed by atoms with E-state index in [4.69, 9.17) is 5.73 Å². The Morgan fingerprint density at radius 1 is 1.37 bits per heavy atom. The maximum atomic E-state index is 12.7. The second-order valence-corrected chi connectivity index (χ2v) is 5.10. The fourth-order valence-corrected chi connectivity index (χ4v) is 1.93. The maximum Gasteiger partial charge on any atom is 0.222 e. The van der Waals surface area contributed by atoms with E-state index in [0.717, 1.165) is 18.4 Å². The van der Waals surface area contributed by atoms with Crippen molar-refractivity contribution in [1.82, 2.24) is 4.90 Å². The van der Waals surface area contributed by atoms with Crippen molar-refractivity contribution < 1.29 is 9.18 Å². The number of halogens is 1. The first-order valence-electron chi connectivity index (χ1n) is 6.71. The van der Waals surface area contributed by atoms with E-state index < -0.39 is 0 Å². The fraction of sp³-hybridized carbons (Fsp3) is 0.533. The van der Waals surface area contributed by atoms with Crippen molar-refractivity contribution in [2.45, 2.75) is 26.2 Å². The lowest BCUT2D eigenvalue weighted by Crippen LogP contribution is -2.33. The van der Waals surface area contributed by atoms with Gasteiger partial charge < -0.3 is 10.6 Å². The number of nitrogens with zero attached hydrogens (tertiary/aromatic N) is 1. The molecule has 0 aliphatic carbocycles. The summed E-state index contributed by atoms with van der Waals surface area (Å²) in [4.78, 5) is 13.6. The lowest BCUT2D eigenvalue weighted by molar-refractivity contribution is -0.130. The van der Waals surface area contributed by atoms with Gasteiger partial charge in [-0.2, -0.15) is 0 Å². The van der Waals surface area contributed by atoms with E-state index in [1.807, 2.05) is 14.0 Å². The maximum absolute atomic E-state index is 12.7. The van der Waals surface area contributed by atoms with Crippen LogP contribution in [0.1, 0.15) is 25.3 Å². The Balaban J connectivity index is 2.28. The molecule has 0 aromatic heterocycles. The summed E-state index contributed by atoms with van der Waals surface area (Å²) in [5.41, 5.74) is 6.60. The number of rotatable bonds is 7. The number of hydrogen-bond donors (Lipinski definition) is 1. The van der Waals surface area contributed by atoms with Crippen LogP contribution in [0.15, 0.2) is 24.3 Å². The lowest BCUT2D eigenvalue weighted by Gasteiger charge is -2.20. The first-order chi connectivity index (χ1) is 9.02. The van der Waals surface area contributed by atoms with Gasteiger partial charge in [0.1, 0.15) is 5.82 Å². The van der Waals surface area contributed by atoms with E-state index in [-0.39, 0.29) is 11.7 Å². The van der Waals surface area contributed by atoms with Crippen LogP contribution in [0.3, 0.4) is 0 Å². The summed E-state index contributed by atoms with van der Waals surface area (Å²) in [6.45, 7) is 3.32. The quantitative estimate of drug-likeness (QED) is 0.822.